The van der Waals surface area contributed by atoms with E-state index in [2.05, 4.69) is 47.3 Å². The highest BCUT2D eigenvalue weighted by Crippen LogP contribution is 2.23. The highest BCUT2D eigenvalue weighted by Gasteiger charge is 2.19. The molecule has 1 heterocycles. The fourth-order valence-electron chi connectivity index (χ4n) is 2.68. The summed E-state index contributed by atoms with van der Waals surface area (Å²) in [4.78, 5) is 0. The molecule has 3 rings (SSSR count). The van der Waals surface area contributed by atoms with Gasteiger partial charge in [0.1, 0.15) is 5.75 Å². The van der Waals surface area contributed by atoms with Crippen molar-refractivity contribution >= 4 is 10.9 Å². The smallest absolute Gasteiger partial charge is 0.120 e. The van der Waals surface area contributed by atoms with Gasteiger partial charge in [-0.3, -0.25) is 0 Å². The van der Waals surface area contributed by atoms with Gasteiger partial charge >= 0.3 is 0 Å². The summed E-state index contributed by atoms with van der Waals surface area (Å²) >= 11 is 0. The number of benzene rings is 1. The van der Waals surface area contributed by atoms with Gasteiger partial charge in [-0.25, -0.2) is 0 Å². The third-order valence-electron chi connectivity index (χ3n) is 4.05. The van der Waals surface area contributed by atoms with Gasteiger partial charge in [0.2, 0.25) is 0 Å². The molecule has 0 atom stereocenters. The zero-order chi connectivity index (χ0) is 14.5. The van der Waals surface area contributed by atoms with Crippen LogP contribution in [-0.2, 0) is 6.54 Å². The van der Waals surface area contributed by atoms with Crippen molar-refractivity contribution < 1.29 is 4.74 Å². The van der Waals surface area contributed by atoms with E-state index in [1.54, 1.807) is 0 Å². The third kappa shape index (κ3) is 4.01. The van der Waals surface area contributed by atoms with Crippen molar-refractivity contribution in [3.8, 4) is 5.75 Å². The SMILES string of the molecule is CCCOc1ccc2c(ccn2CCCCNC2CC2)c1. The number of aryl methyl sites for hydroxylation is 1. The van der Waals surface area contributed by atoms with Gasteiger partial charge in [0.25, 0.3) is 0 Å². The number of nitrogens with zero attached hydrogens (tertiary/aromatic N) is 1. The third-order valence-corrected chi connectivity index (χ3v) is 4.05. The Labute approximate surface area is 127 Å². The number of hydrogen-bond donors (Lipinski definition) is 1. The van der Waals surface area contributed by atoms with Gasteiger partial charge in [-0.2, -0.15) is 0 Å². The summed E-state index contributed by atoms with van der Waals surface area (Å²) in [5.74, 6) is 0.982. The van der Waals surface area contributed by atoms with Crippen LogP contribution < -0.4 is 10.1 Å². The van der Waals surface area contributed by atoms with E-state index in [4.69, 9.17) is 4.74 Å². The Balaban J connectivity index is 1.52. The highest BCUT2D eigenvalue weighted by molar-refractivity contribution is 5.81. The number of hydrogen-bond acceptors (Lipinski definition) is 2. The zero-order valence-electron chi connectivity index (χ0n) is 13.0. The summed E-state index contributed by atoms with van der Waals surface area (Å²) in [6, 6.07) is 9.44. The van der Waals surface area contributed by atoms with Crippen LogP contribution >= 0.6 is 0 Å². The second-order valence-electron chi connectivity index (χ2n) is 6.01. The number of rotatable bonds is 9. The van der Waals surface area contributed by atoms with Gasteiger partial charge in [-0.15, -0.1) is 0 Å². The van der Waals surface area contributed by atoms with E-state index >= 15 is 0 Å². The number of unbranched alkanes of at least 4 members (excludes halogenated alkanes) is 1. The van der Waals surface area contributed by atoms with Crippen LogP contribution in [0.1, 0.15) is 39.0 Å². The lowest BCUT2D eigenvalue weighted by Crippen LogP contribution is -2.17. The molecule has 1 saturated carbocycles. The average Bonchev–Trinajstić information content (AvgIpc) is 3.25. The quantitative estimate of drug-likeness (QED) is 0.706. The largest absolute Gasteiger partial charge is 0.494 e. The monoisotopic (exact) mass is 286 g/mol. The Bertz CT molecular complexity index is 572. The molecule has 114 valence electrons. The first-order valence-corrected chi connectivity index (χ1v) is 8.32. The van der Waals surface area contributed by atoms with Crippen LogP contribution in [-0.4, -0.2) is 23.8 Å². The predicted molar refractivity (Wildman–Crippen MR) is 88.0 cm³/mol. The van der Waals surface area contributed by atoms with Crippen molar-refractivity contribution in [1.29, 1.82) is 0 Å². The molecule has 0 amide bonds. The number of aromatic nitrogens is 1. The lowest BCUT2D eigenvalue weighted by atomic mass is 10.2. The molecule has 1 aromatic carbocycles. The molecule has 3 nitrogen and oxygen atoms in total. The number of fused-ring (bicyclic) bond motifs is 1. The molecule has 1 aliphatic carbocycles. The second-order valence-corrected chi connectivity index (χ2v) is 6.01. The van der Waals surface area contributed by atoms with E-state index < -0.39 is 0 Å². The van der Waals surface area contributed by atoms with Gasteiger partial charge in [0, 0.05) is 29.7 Å². The lowest BCUT2D eigenvalue weighted by Gasteiger charge is -2.08. The van der Waals surface area contributed by atoms with Crippen LogP contribution in [0.15, 0.2) is 30.5 Å². The van der Waals surface area contributed by atoms with Crippen molar-refractivity contribution in [3.05, 3.63) is 30.5 Å². The number of nitrogens with one attached hydrogen (secondary N) is 1. The molecule has 1 N–H and O–H groups in total. The Kier molecular flexibility index (Phi) is 4.81. The topological polar surface area (TPSA) is 26.2 Å². The average molecular weight is 286 g/mol. The van der Waals surface area contributed by atoms with Crippen molar-refractivity contribution in [2.24, 2.45) is 0 Å². The van der Waals surface area contributed by atoms with E-state index in [0.29, 0.717) is 0 Å². The minimum Gasteiger partial charge on any atom is -0.494 e. The van der Waals surface area contributed by atoms with E-state index in [9.17, 15) is 0 Å². The molecule has 2 aromatic rings. The molecule has 0 radical (unpaired) electrons. The van der Waals surface area contributed by atoms with Crippen molar-refractivity contribution in [1.82, 2.24) is 9.88 Å². The normalized spacial score (nSPS) is 14.7. The summed E-state index contributed by atoms with van der Waals surface area (Å²) in [5.41, 5.74) is 1.31. The molecule has 1 fully saturated rings. The molecule has 0 bridgehead atoms. The van der Waals surface area contributed by atoms with Crippen LogP contribution in [0.3, 0.4) is 0 Å². The molecule has 0 unspecified atom stereocenters. The van der Waals surface area contributed by atoms with Crippen molar-refractivity contribution in [2.75, 3.05) is 13.2 Å². The molecule has 0 saturated heterocycles. The maximum Gasteiger partial charge on any atom is 0.120 e. The summed E-state index contributed by atoms with van der Waals surface area (Å²) in [5, 5.41) is 4.85. The van der Waals surface area contributed by atoms with Crippen LogP contribution in [0, 0.1) is 0 Å². The maximum atomic E-state index is 5.70. The van der Waals surface area contributed by atoms with Gasteiger partial charge < -0.3 is 14.6 Å². The predicted octanol–water partition coefficient (Wildman–Crippen LogP) is 3.96. The lowest BCUT2D eigenvalue weighted by molar-refractivity contribution is 0.318. The Hall–Kier alpha value is -1.48. The minimum atomic E-state index is 0.792. The Morgan fingerprint density at radius 1 is 1.24 bits per heavy atom. The van der Waals surface area contributed by atoms with Gasteiger partial charge in [-0.05, 0) is 62.9 Å². The first-order chi connectivity index (χ1) is 10.4. The highest BCUT2D eigenvalue weighted by atomic mass is 16.5. The van der Waals surface area contributed by atoms with Gasteiger partial charge in [0.15, 0.2) is 0 Å². The molecule has 0 aliphatic heterocycles. The Morgan fingerprint density at radius 3 is 2.95 bits per heavy atom. The Morgan fingerprint density at radius 2 is 2.14 bits per heavy atom. The van der Waals surface area contributed by atoms with E-state index in [1.807, 2.05) is 0 Å². The standard InChI is InChI=1S/C18H26N2O/c1-2-13-21-17-7-8-18-15(14-17)9-12-20(18)11-4-3-10-19-16-5-6-16/h7-9,12,14,16,19H,2-6,10-11,13H2,1H3. The van der Waals surface area contributed by atoms with Crippen LogP contribution in [0.4, 0.5) is 0 Å². The maximum absolute atomic E-state index is 5.70. The van der Waals surface area contributed by atoms with Gasteiger partial charge in [-0.1, -0.05) is 6.92 Å². The molecule has 3 heteroatoms. The summed E-state index contributed by atoms with van der Waals surface area (Å²) < 4.78 is 8.05. The summed E-state index contributed by atoms with van der Waals surface area (Å²) in [6.07, 6.45) is 8.50. The molecule has 1 aromatic heterocycles. The zero-order valence-corrected chi connectivity index (χ0v) is 13.0. The van der Waals surface area contributed by atoms with Crippen molar-refractivity contribution in [2.45, 2.75) is 51.6 Å². The molecule has 1 aliphatic rings. The summed E-state index contributed by atoms with van der Waals surface area (Å²) in [6.45, 7) is 5.19. The fourth-order valence-corrected chi connectivity index (χ4v) is 2.68. The molecular weight excluding hydrogens is 260 g/mol. The fraction of sp³-hybridized carbons (Fsp3) is 0.556. The van der Waals surface area contributed by atoms with Crippen LogP contribution in [0.25, 0.3) is 10.9 Å². The van der Waals surface area contributed by atoms with Gasteiger partial charge in [0.05, 0.1) is 6.61 Å². The van der Waals surface area contributed by atoms with Crippen LogP contribution in [0.2, 0.25) is 0 Å². The van der Waals surface area contributed by atoms with Crippen LogP contribution in [0.5, 0.6) is 5.75 Å². The molecule has 21 heavy (non-hydrogen) atoms. The van der Waals surface area contributed by atoms with E-state index in [0.717, 1.165) is 31.4 Å². The second kappa shape index (κ2) is 6.99. The first-order valence-electron chi connectivity index (χ1n) is 8.32. The number of ether oxygens (including phenoxy) is 1. The summed E-state index contributed by atoms with van der Waals surface area (Å²) in [7, 11) is 0. The molecule has 0 spiro atoms. The molecular formula is C18H26N2O. The minimum absolute atomic E-state index is 0.792. The van der Waals surface area contributed by atoms with Crippen molar-refractivity contribution in [3.63, 3.8) is 0 Å². The van der Waals surface area contributed by atoms with E-state index in [1.165, 1.54) is 43.1 Å². The van der Waals surface area contributed by atoms with E-state index in [-0.39, 0.29) is 0 Å². The first kappa shape index (κ1) is 14.5.